The maximum absolute atomic E-state index is 5.46. The topological polar surface area (TPSA) is 16.1 Å². The first-order chi connectivity index (χ1) is 26.5. The Morgan fingerprint density at radius 2 is 1.02 bits per heavy atom. The van der Waals surface area contributed by atoms with Crippen LogP contribution in [0.2, 0.25) is 0 Å². The molecular formula is C52H38N2. The van der Waals surface area contributed by atoms with Crippen LogP contribution in [0.1, 0.15) is 25.0 Å². The molecule has 256 valence electrons. The average molecular weight is 691 g/mol. The molecule has 54 heavy (non-hydrogen) atoms. The van der Waals surface area contributed by atoms with E-state index >= 15 is 0 Å². The van der Waals surface area contributed by atoms with E-state index in [4.69, 9.17) is 4.98 Å². The zero-order valence-corrected chi connectivity index (χ0v) is 30.4. The predicted octanol–water partition coefficient (Wildman–Crippen LogP) is 14.2. The van der Waals surface area contributed by atoms with E-state index in [1.54, 1.807) is 0 Å². The Hall–Kier alpha value is -6.77. The second kappa shape index (κ2) is 12.7. The summed E-state index contributed by atoms with van der Waals surface area (Å²) in [6.07, 6.45) is 0. The summed E-state index contributed by atoms with van der Waals surface area (Å²) in [5.41, 5.74) is 16.0. The lowest BCUT2D eigenvalue weighted by Gasteiger charge is -2.30. The van der Waals surface area contributed by atoms with Crippen LogP contribution in [0.15, 0.2) is 194 Å². The lowest BCUT2D eigenvalue weighted by molar-refractivity contribution is 0.660. The molecule has 0 N–H and O–H groups in total. The Morgan fingerprint density at radius 1 is 0.407 bits per heavy atom. The second-order valence-corrected chi connectivity index (χ2v) is 14.8. The highest BCUT2D eigenvalue weighted by Crippen LogP contribution is 2.56. The Labute approximate surface area is 316 Å². The minimum atomic E-state index is -0.229. The van der Waals surface area contributed by atoms with E-state index in [9.17, 15) is 0 Å². The van der Waals surface area contributed by atoms with Gasteiger partial charge in [-0.15, -0.1) is 0 Å². The molecule has 1 aliphatic carbocycles. The van der Waals surface area contributed by atoms with Gasteiger partial charge in [0.05, 0.1) is 16.9 Å². The number of rotatable bonds is 6. The number of hydrogen-bond donors (Lipinski definition) is 0. The monoisotopic (exact) mass is 690 g/mol. The van der Waals surface area contributed by atoms with Crippen LogP contribution >= 0.6 is 0 Å². The highest BCUT2D eigenvalue weighted by Gasteiger charge is 2.39. The standard InChI is InChI=1S/C52H38N2/c1-52(2)46-23-13-12-22-44(46)50-47(52)33-41(51-45(38-18-7-4-8-19-38)32-40-21-11-14-24-48(40)53-51)34-49(50)54(43-30-27-36-17-9-10-20-39(36)31-43)42-28-25-37(26-29-42)35-15-5-3-6-16-35/h3-34H,1-2H3. The van der Waals surface area contributed by atoms with Crippen molar-refractivity contribution in [3.8, 4) is 44.6 Å². The van der Waals surface area contributed by atoms with Gasteiger partial charge in [-0.1, -0.05) is 159 Å². The van der Waals surface area contributed by atoms with Crippen molar-refractivity contribution in [3.05, 3.63) is 205 Å². The van der Waals surface area contributed by atoms with Crippen molar-refractivity contribution in [2.45, 2.75) is 19.3 Å². The molecular weight excluding hydrogens is 653 g/mol. The Balaban J connectivity index is 1.28. The van der Waals surface area contributed by atoms with Crippen LogP contribution in [-0.2, 0) is 5.41 Å². The van der Waals surface area contributed by atoms with Gasteiger partial charge in [0, 0.05) is 38.9 Å². The van der Waals surface area contributed by atoms with Crippen molar-refractivity contribution in [2.24, 2.45) is 0 Å². The SMILES string of the molecule is CC1(C)c2ccccc2-c2c(N(c3ccc(-c4ccccc4)cc3)c3ccc4ccccc4c3)cc(-c3nc4ccccc4cc3-c3ccccc3)cc21. The van der Waals surface area contributed by atoms with Gasteiger partial charge in [-0.2, -0.15) is 0 Å². The van der Waals surface area contributed by atoms with E-state index in [-0.39, 0.29) is 5.41 Å². The highest BCUT2D eigenvalue weighted by atomic mass is 15.1. The van der Waals surface area contributed by atoms with Gasteiger partial charge in [-0.25, -0.2) is 4.98 Å². The van der Waals surface area contributed by atoms with Crippen molar-refractivity contribution in [1.82, 2.24) is 4.98 Å². The van der Waals surface area contributed by atoms with Crippen LogP contribution in [0, 0.1) is 0 Å². The molecule has 0 fully saturated rings. The first kappa shape index (κ1) is 31.9. The zero-order chi connectivity index (χ0) is 36.2. The quantitative estimate of drug-likeness (QED) is 0.173. The van der Waals surface area contributed by atoms with E-state index < -0.39 is 0 Å². The number of para-hydroxylation sites is 1. The summed E-state index contributed by atoms with van der Waals surface area (Å²) in [6.45, 7) is 4.73. The van der Waals surface area contributed by atoms with E-state index in [1.165, 1.54) is 44.2 Å². The van der Waals surface area contributed by atoms with Crippen LogP contribution in [0.3, 0.4) is 0 Å². The molecule has 9 aromatic rings. The van der Waals surface area contributed by atoms with Crippen molar-refractivity contribution >= 4 is 38.7 Å². The van der Waals surface area contributed by atoms with Gasteiger partial charge in [0.2, 0.25) is 0 Å². The van der Waals surface area contributed by atoms with Gasteiger partial charge in [-0.05, 0) is 92.7 Å². The van der Waals surface area contributed by atoms with Gasteiger partial charge in [0.15, 0.2) is 0 Å². The third-order valence-corrected chi connectivity index (χ3v) is 11.2. The van der Waals surface area contributed by atoms with Gasteiger partial charge in [0.1, 0.15) is 0 Å². The number of fused-ring (bicyclic) bond motifs is 5. The number of benzene rings is 8. The summed E-state index contributed by atoms with van der Waals surface area (Å²) in [7, 11) is 0. The molecule has 10 rings (SSSR count). The molecule has 0 aliphatic heterocycles. The molecule has 8 aromatic carbocycles. The van der Waals surface area contributed by atoms with Gasteiger partial charge < -0.3 is 4.90 Å². The van der Waals surface area contributed by atoms with Gasteiger partial charge in [0.25, 0.3) is 0 Å². The summed E-state index contributed by atoms with van der Waals surface area (Å²) >= 11 is 0. The average Bonchev–Trinajstić information content (AvgIpc) is 3.47. The minimum Gasteiger partial charge on any atom is -0.310 e. The summed E-state index contributed by atoms with van der Waals surface area (Å²) in [5.74, 6) is 0. The Bertz CT molecular complexity index is 2840. The van der Waals surface area contributed by atoms with Crippen molar-refractivity contribution in [2.75, 3.05) is 4.90 Å². The molecule has 1 heterocycles. The molecule has 1 aromatic heterocycles. The molecule has 2 nitrogen and oxygen atoms in total. The smallest absolute Gasteiger partial charge is 0.0788 e. The lowest BCUT2D eigenvalue weighted by Crippen LogP contribution is -2.16. The number of anilines is 3. The maximum Gasteiger partial charge on any atom is 0.0788 e. The largest absolute Gasteiger partial charge is 0.310 e. The maximum atomic E-state index is 5.46. The van der Waals surface area contributed by atoms with E-state index in [0.29, 0.717) is 0 Å². The normalized spacial score (nSPS) is 12.8. The molecule has 0 unspecified atom stereocenters. The van der Waals surface area contributed by atoms with E-state index in [2.05, 4.69) is 213 Å². The molecule has 0 bridgehead atoms. The van der Waals surface area contributed by atoms with Crippen LogP contribution in [0.4, 0.5) is 17.1 Å². The van der Waals surface area contributed by atoms with Crippen molar-refractivity contribution < 1.29 is 0 Å². The minimum absolute atomic E-state index is 0.229. The Kier molecular flexibility index (Phi) is 7.52. The fraction of sp³-hybridized carbons (Fsp3) is 0.0577. The van der Waals surface area contributed by atoms with E-state index in [0.717, 1.165) is 50.3 Å². The number of pyridine rings is 1. The number of aromatic nitrogens is 1. The molecule has 0 radical (unpaired) electrons. The first-order valence-corrected chi connectivity index (χ1v) is 18.7. The van der Waals surface area contributed by atoms with Gasteiger partial charge in [-0.3, -0.25) is 0 Å². The highest BCUT2D eigenvalue weighted by molar-refractivity contribution is 6.00. The molecule has 0 spiro atoms. The fourth-order valence-corrected chi connectivity index (χ4v) is 8.46. The number of nitrogens with zero attached hydrogens (tertiary/aromatic N) is 2. The van der Waals surface area contributed by atoms with Crippen LogP contribution < -0.4 is 4.90 Å². The van der Waals surface area contributed by atoms with Crippen LogP contribution in [0.5, 0.6) is 0 Å². The summed E-state index contributed by atoms with van der Waals surface area (Å²) in [4.78, 5) is 7.92. The Morgan fingerprint density at radius 3 is 1.80 bits per heavy atom. The molecule has 2 heteroatoms. The number of hydrogen-bond acceptors (Lipinski definition) is 2. The third-order valence-electron chi connectivity index (χ3n) is 11.2. The molecule has 1 aliphatic rings. The second-order valence-electron chi connectivity index (χ2n) is 14.8. The van der Waals surface area contributed by atoms with Crippen molar-refractivity contribution in [3.63, 3.8) is 0 Å². The molecule has 0 atom stereocenters. The third kappa shape index (κ3) is 5.30. The summed E-state index contributed by atoms with van der Waals surface area (Å²) < 4.78 is 0. The van der Waals surface area contributed by atoms with E-state index in [1.807, 2.05) is 0 Å². The van der Waals surface area contributed by atoms with Gasteiger partial charge >= 0.3 is 0 Å². The molecule has 0 saturated heterocycles. The fourth-order valence-electron chi connectivity index (χ4n) is 8.46. The molecule has 0 saturated carbocycles. The summed E-state index contributed by atoms with van der Waals surface area (Å²) in [6, 6.07) is 70.3. The lowest BCUT2D eigenvalue weighted by atomic mass is 9.81. The predicted molar refractivity (Wildman–Crippen MR) is 228 cm³/mol. The first-order valence-electron chi connectivity index (χ1n) is 18.7. The van der Waals surface area contributed by atoms with Crippen LogP contribution in [-0.4, -0.2) is 4.98 Å². The van der Waals surface area contributed by atoms with Crippen molar-refractivity contribution in [1.29, 1.82) is 0 Å². The molecule has 0 amide bonds. The van der Waals surface area contributed by atoms with Crippen LogP contribution in [0.25, 0.3) is 66.3 Å². The zero-order valence-electron chi connectivity index (χ0n) is 30.4. The summed E-state index contributed by atoms with van der Waals surface area (Å²) in [5, 5.41) is 3.56.